The molecule has 1 aliphatic rings. The van der Waals surface area contributed by atoms with Gasteiger partial charge in [-0.25, -0.2) is 4.79 Å². The number of amides is 2. The van der Waals surface area contributed by atoms with E-state index in [4.69, 9.17) is 5.26 Å². The SMILES string of the molecule is CC(C)C(C)NC(=O)N1CCN(Cc2ccc(C#N)cc2)CC1. The highest BCUT2D eigenvalue weighted by atomic mass is 16.2. The molecule has 1 atom stereocenters. The zero-order valence-corrected chi connectivity index (χ0v) is 14.2. The molecular weight excluding hydrogens is 288 g/mol. The van der Waals surface area contributed by atoms with E-state index in [1.807, 2.05) is 36.1 Å². The van der Waals surface area contributed by atoms with Gasteiger partial charge in [0.05, 0.1) is 11.6 Å². The first-order valence-electron chi connectivity index (χ1n) is 8.26. The lowest BCUT2D eigenvalue weighted by atomic mass is 10.1. The van der Waals surface area contributed by atoms with Crippen LogP contribution < -0.4 is 5.32 Å². The molecule has 124 valence electrons. The van der Waals surface area contributed by atoms with Crippen LogP contribution in [0, 0.1) is 17.2 Å². The Morgan fingerprint density at radius 2 is 1.78 bits per heavy atom. The molecule has 1 aromatic rings. The summed E-state index contributed by atoms with van der Waals surface area (Å²) in [5.41, 5.74) is 1.89. The Labute approximate surface area is 138 Å². The maximum Gasteiger partial charge on any atom is 0.317 e. The van der Waals surface area contributed by atoms with Crippen LogP contribution in [0.4, 0.5) is 4.79 Å². The van der Waals surface area contributed by atoms with Crippen LogP contribution in [-0.2, 0) is 6.54 Å². The molecule has 0 saturated carbocycles. The van der Waals surface area contributed by atoms with Gasteiger partial charge in [0.2, 0.25) is 0 Å². The van der Waals surface area contributed by atoms with Crippen LogP contribution in [0.5, 0.6) is 0 Å². The van der Waals surface area contributed by atoms with E-state index in [1.54, 1.807) is 0 Å². The van der Waals surface area contributed by atoms with Crippen molar-refractivity contribution in [3.05, 3.63) is 35.4 Å². The van der Waals surface area contributed by atoms with Gasteiger partial charge in [0.25, 0.3) is 0 Å². The summed E-state index contributed by atoms with van der Waals surface area (Å²) < 4.78 is 0. The molecule has 1 heterocycles. The van der Waals surface area contributed by atoms with Crippen LogP contribution in [0.3, 0.4) is 0 Å². The number of nitrogens with one attached hydrogen (secondary N) is 1. The zero-order valence-electron chi connectivity index (χ0n) is 14.2. The molecule has 0 aliphatic carbocycles. The fourth-order valence-electron chi connectivity index (χ4n) is 2.50. The first-order valence-corrected chi connectivity index (χ1v) is 8.26. The average Bonchev–Trinajstić information content (AvgIpc) is 2.56. The predicted molar refractivity (Wildman–Crippen MR) is 90.8 cm³/mol. The van der Waals surface area contributed by atoms with Gasteiger partial charge < -0.3 is 10.2 Å². The van der Waals surface area contributed by atoms with Crippen molar-refractivity contribution in [3.8, 4) is 6.07 Å². The second-order valence-corrected chi connectivity index (χ2v) is 6.55. The minimum atomic E-state index is 0.0456. The van der Waals surface area contributed by atoms with Crippen LogP contribution in [0.1, 0.15) is 31.9 Å². The van der Waals surface area contributed by atoms with Crippen molar-refractivity contribution in [1.82, 2.24) is 15.1 Å². The van der Waals surface area contributed by atoms with E-state index in [0.717, 1.165) is 32.7 Å². The Balaban J connectivity index is 1.79. The van der Waals surface area contributed by atoms with Crippen molar-refractivity contribution in [2.45, 2.75) is 33.4 Å². The van der Waals surface area contributed by atoms with E-state index in [1.165, 1.54) is 5.56 Å². The van der Waals surface area contributed by atoms with Gasteiger partial charge >= 0.3 is 6.03 Å². The van der Waals surface area contributed by atoms with Gasteiger partial charge in [0.1, 0.15) is 0 Å². The van der Waals surface area contributed by atoms with E-state index in [2.05, 4.69) is 30.1 Å². The molecule has 0 spiro atoms. The molecule has 0 bridgehead atoms. The first-order chi connectivity index (χ1) is 11.0. The number of rotatable bonds is 4. The van der Waals surface area contributed by atoms with Crippen LogP contribution in [0.25, 0.3) is 0 Å². The minimum Gasteiger partial charge on any atom is -0.335 e. The highest BCUT2D eigenvalue weighted by molar-refractivity contribution is 5.74. The molecule has 1 fully saturated rings. The summed E-state index contributed by atoms with van der Waals surface area (Å²) in [5, 5.41) is 11.9. The van der Waals surface area contributed by atoms with Crippen molar-refractivity contribution in [2.24, 2.45) is 5.92 Å². The smallest absolute Gasteiger partial charge is 0.317 e. The second-order valence-electron chi connectivity index (χ2n) is 6.55. The van der Waals surface area contributed by atoms with E-state index in [-0.39, 0.29) is 12.1 Å². The van der Waals surface area contributed by atoms with Gasteiger partial charge in [-0.3, -0.25) is 4.90 Å². The van der Waals surface area contributed by atoms with Gasteiger partial charge in [0, 0.05) is 38.8 Å². The monoisotopic (exact) mass is 314 g/mol. The summed E-state index contributed by atoms with van der Waals surface area (Å²) in [6.45, 7) is 10.4. The largest absolute Gasteiger partial charge is 0.335 e. The van der Waals surface area contributed by atoms with Gasteiger partial charge in [-0.1, -0.05) is 26.0 Å². The van der Waals surface area contributed by atoms with Crippen LogP contribution >= 0.6 is 0 Å². The molecule has 1 aliphatic heterocycles. The number of nitriles is 1. The third kappa shape index (κ3) is 4.97. The summed E-state index contributed by atoms with van der Waals surface area (Å²) in [7, 11) is 0. The third-order valence-corrected chi connectivity index (χ3v) is 4.50. The molecule has 5 heteroatoms. The molecule has 0 aromatic heterocycles. The molecule has 5 nitrogen and oxygen atoms in total. The quantitative estimate of drug-likeness (QED) is 0.928. The summed E-state index contributed by atoms with van der Waals surface area (Å²) >= 11 is 0. The maximum absolute atomic E-state index is 12.2. The normalized spacial score (nSPS) is 16.9. The number of hydrogen-bond acceptors (Lipinski definition) is 3. The van der Waals surface area contributed by atoms with Crippen molar-refractivity contribution in [3.63, 3.8) is 0 Å². The fraction of sp³-hybridized carbons (Fsp3) is 0.556. The number of benzene rings is 1. The molecule has 0 radical (unpaired) electrons. The van der Waals surface area contributed by atoms with Crippen molar-refractivity contribution in [1.29, 1.82) is 5.26 Å². The number of piperazine rings is 1. The van der Waals surface area contributed by atoms with E-state index < -0.39 is 0 Å². The van der Waals surface area contributed by atoms with E-state index >= 15 is 0 Å². The molecule has 2 amide bonds. The Kier molecular flexibility index (Phi) is 6.00. The van der Waals surface area contributed by atoms with Crippen molar-refractivity contribution < 1.29 is 4.79 Å². The fourth-order valence-corrected chi connectivity index (χ4v) is 2.50. The first kappa shape index (κ1) is 17.3. The van der Waals surface area contributed by atoms with Gasteiger partial charge in [0.15, 0.2) is 0 Å². The number of nitrogens with zero attached hydrogens (tertiary/aromatic N) is 3. The lowest BCUT2D eigenvalue weighted by Gasteiger charge is -2.35. The minimum absolute atomic E-state index is 0.0456. The van der Waals surface area contributed by atoms with E-state index in [0.29, 0.717) is 11.5 Å². The number of carbonyl (C=O) groups excluding carboxylic acids is 1. The third-order valence-electron chi connectivity index (χ3n) is 4.50. The molecule has 1 saturated heterocycles. The lowest BCUT2D eigenvalue weighted by Crippen LogP contribution is -2.53. The standard InChI is InChI=1S/C18H26N4O/c1-14(2)15(3)20-18(23)22-10-8-21(9-11-22)13-17-6-4-16(12-19)5-7-17/h4-7,14-15H,8-11,13H2,1-3H3,(H,20,23). The van der Waals surface area contributed by atoms with Crippen molar-refractivity contribution in [2.75, 3.05) is 26.2 Å². The molecule has 1 unspecified atom stereocenters. The molecule has 23 heavy (non-hydrogen) atoms. The Hall–Kier alpha value is -2.06. The summed E-state index contributed by atoms with van der Waals surface area (Å²) in [6.07, 6.45) is 0. The Bertz CT molecular complexity index is 553. The lowest BCUT2D eigenvalue weighted by molar-refractivity contribution is 0.132. The molecular formula is C18H26N4O. The maximum atomic E-state index is 12.2. The summed E-state index contributed by atoms with van der Waals surface area (Å²) in [6, 6.07) is 10.1. The van der Waals surface area contributed by atoms with Crippen LogP contribution in [0.15, 0.2) is 24.3 Å². The Morgan fingerprint density at radius 3 is 2.30 bits per heavy atom. The second kappa shape index (κ2) is 7.98. The number of urea groups is 1. The average molecular weight is 314 g/mol. The topological polar surface area (TPSA) is 59.4 Å². The highest BCUT2D eigenvalue weighted by Gasteiger charge is 2.22. The van der Waals surface area contributed by atoms with E-state index in [9.17, 15) is 4.79 Å². The van der Waals surface area contributed by atoms with Crippen LogP contribution in [0.2, 0.25) is 0 Å². The number of hydrogen-bond donors (Lipinski definition) is 1. The molecule has 1 N–H and O–H groups in total. The Morgan fingerprint density at radius 1 is 1.17 bits per heavy atom. The molecule has 1 aromatic carbocycles. The molecule has 2 rings (SSSR count). The summed E-state index contributed by atoms with van der Waals surface area (Å²) in [4.78, 5) is 16.5. The number of carbonyl (C=O) groups is 1. The zero-order chi connectivity index (χ0) is 16.8. The summed E-state index contributed by atoms with van der Waals surface area (Å²) in [5.74, 6) is 0.441. The van der Waals surface area contributed by atoms with Gasteiger partial charge in [-0.05, 0) is 30.5 Å². The highest BCUT2D eigenvalue weighted by Crippen LogP contribution is 2.10. The van der Waals surface area contributed by atoms with Gasteiger partial charge in [-0.2, -0.15) is 5.26 Å². The van der Waals surface area contributed by atoms with Crippen molar-refractivity contribution >= 4 is 6.03 Å². The van der Waals surface area contributed by atoms with Gasteiger partial charge in [-0.15, -0.1) is 0 Å². The predicted octanol–water partition coefficient (Wildman–Crippen LogP) is 2.43. The van der Waals surface area contributed by atoms with Crippen LogP contribution in [-0.4, -0.2) is 48.1 Å².